The van der Waals surface area contributed by atoms with Crippen LogP contribution >= 0.6 is 12.4 Å². The van der Waals surface area contributed by atoms with Crippen LogP contribution in [0.1, 0.15) is 46.8 Å². The summed E-state index contributed by atoms with van der Waals surface area (Å²) in [6.45, 7) is 3.20. The summed E-state index contributed by atoms with van der Waals surface area (Å²) in [5.41, 5.74) is 8.52. The van der Waals surface area contributed by atoms with Gasteiger partial charge in [0.25, 0.3) is 5.91 Å². The van der Waals surface area contributed by atoms with Crippen LogP contribution in [0.3, 0.4) is 0 Å². The molecule has 0 aliphatic carbocycles. The number of ether oxygens (including phenoxy) is 1. The average molecular weight is 404 g/mol. The minimum Gasteiger partial charge on any atom is -0.497 e. The van der Waals surface area contributed by atoms with Gasteiger partial charge < -0.3 is 15.8 Å². The number of hydrogen-bond acceptors (Lipinski definition) is 4. The van der Waals surface area contributed by atoms with Gasteiger partial charge in [-0.1, -0.05) is 30.7 Å². The molecule has 1 atom stereocenters. The van der Waals surface area contributed by atoms with Crippen molar-refractivity contribution < 1.29 is 9.53 Å². The third-order valence-electron chi connectivity index (χ3n) is 5.24. The Hall–Kier alpha value is -2.08. The number of halogens is 1. The van der Waals surface area contributed by atoms with Crippen LogP contribution in [0.4, 0.5) is 0 Å². The molecule has 1 aliphatic heterocycles. The number of nitrogens with zero attached hydrogens (tertiary/aromatic N) is 1. The molecule has 0 bridgehead atoms. The summed E-state index contributed by atoms with van der Waals surface area (Å²) in [4.78, 5) is 15.1. The molecule has 0 aromatic heterocycles. The molecule has 1 amide bonds. The lowest BCUT2D eigenvalue weighted by Gasteiger charge is -2.35. The van der Waals surface area contributed by atoms with Crippen molar-refractivity contribution in [3.8, 4) is 5.75 Å². The highest BCUT2D eigenvalue weighted by molar-refractivity contribution is 5.94. The van der Waals surface area contributed by atoms with Gasteiger partial charge in [0.2, 0.25) is 0 Å². The first kappa shape index (κ1) is 22.2. The Labute approximate surface area is 173 Å². The third-order valence-corrected chi connectivity index (χ3v) is 5.24. The fraction of sp³-hybridized carbons (Fsp3) is 0.409. The topological polar surface area (TPSA) is 67.6 Å². The fourth-order valence-electron chi connectivity index (χ4n) is 3.60. The molecule has 3 N–H and O–H groups in total. The first-order valence-corrected chi connectivity index (χ1v) is 9.66. The van der Waals surface area contributed by atoms with Crippen LogP contribution < -0.4 is 15.8 Å². The highest BCUT2D eigenvalue weighted by atomic mass is 35.5. The summed E-state index contributed by atoms with van der Waals surface area (Å²) in [7, 11) is 1.67. The van der Waals surface area contributed by atoms with Gasteiger partial charge in [-0.05, 0) is 61.3 Å². The molecule has 6 heteroatoms. The van der Waals surface area contributed by atoms with Crippen LogP contribution in [0.15, 0.2) is 48.5 Å². The summed E-state index contributed by atoms with van der Waals surface area (Å²) < 4.78 is 5.28. The molecule has 28 heavy (non-hydrogen) atoms. The lowest BCUT2D eigenvalue weighted by molar-refractivity contribution is 0.0924. The second kappa shape index (κ2) is 11.1. The van der Waals surface area contributed by atoms with Crippen molar-refractivity contribution in [3.05, 3.63) is 65.2 Å². The number of carbonyl (C=O) groups is 1. The zero-order valence-corrected chi connectivity index (χ0v) is 17.2. The largest absolute Gasteiger partial charge is 0.497 e. The van der Waals surface area contributed by atoms with Crippen molar-refractivity contribution in [2.75, 3.05) is 26.7 Å². The molecule has 1 heterocycles. The molecule has 1 fully saturated rings. The summed E-state index contributed by atoms with van der Waals surface area (Å²) in [6.07, 6.45) is 3.70. The minimum atomic E-state index is -0.0471. The van der Waals surface area contributed by atoms with Gasteiger partial charge in [-0.25, -0.2) is 0 Å². The minimum absolute atomic E-state index is 0. The van der Waals surface area contributed by atoms with Gasteiger partial charge in [-0.15, -0.1) is 12.4 Å². The van der Waals surface area contributed by atoms with Crippen LogP contribution in [-0.2, 0) is 6.54 Å². The van der Waals surface area contributed by atoms with Crippen molar-refractivity contribution in [1.82, 2.24) is 10.2 Å². The number of hydrogen-bond donors (Lipinski definition) is 2. The number of nitrogens with one attached hydrogen (secondary N) is 1. The molecule has 0 saturated carbocycles. The number of piperidine rings is 1. The number of carbonyl (C=O) groups excluding carboxylic acids is 1. The van der Waals surface area contributed by atoms with E-state index < -0.39 is 0 Å². The molecule has 2 aromatic carbocycles. The van der Waals surface area contributed by atoms with Gasteiger partial charge in [-0.2, -0.15) is 0 Å². The maximum Gasteiger partial charge on any atom is 0.251 e. The van der Waals surface area contributed by atoms with Crippen molar-refractivity contribution in [3.63, 3.8) is 0 Å². The van der Waals surface area contributed by atoms with Gasteiger partial charge in [0, 0.05) is 18.7 Å². The average Bonchev–Trinajstić information content (AvgIpc) is 2.75. The Morgan fingerprint density at radius 3 is 2.29 bits per heavy atom. The zero-order chi connectivity index (χ0) is 19.1. The van der Waals surface area contributed by atoms with Gasteiger partial charge in [0.1, 0.15) is 5.75 Å². The SMILES string of the molecule is COc1ccc(C(CNC(=O)c2ccc(CN)cc2)N2CCCCC2)cc1.Cl. The highest BCUT2D eigenvalue weighted by Gasteiger charge is 2.23. The first-order valence-electron chi connectivity index (χ1n) is 9.66. The Bertz CT molecular complexity index is 728. The molecule has 0 radical (unpaired) electrons. The van der Waals surface area contributed by atoms with E-state index in [0.29, 0.717) is 18.7 Å². The monoisotopic (exact) mass is 403 g/mol. The summed E-state index contributed by atoms with van der Waals surface area (Å²) >= 11 is 0. The van der Waals surface area contributed by atoms with Crippen LogP contribution in [0.2, 0.25) is 0 Å². The van der Waals surface area contributed by atoms with E-state index in [1.807, 2.05) is 36.4 Å². The maximum absolute atomic E-state index is 12.6. The lowest BCUT2D eigenvalue weighted by atomic mass is 10.0. The van der Waals surface area contributed by atoms with E-state index >= 15 is 0 Å². The van der Waals surface area contributed by atoms with E-state index in [9.17, 15) is 4.79 Å². The second-order valence-corrected chi connectivity index (χ2v) is 7.00. The van der Waals surface area contributed by atoms with E-state index in [4.69, 9.17) is 10.5 Å². The molecule has 0 spiro atoms. The number of methoxy groups -OCH3 is 1. The van der Waals surface area contributed by atoms with E-state index in [0.717, 1.165) is 24.4 Å². The van der Waals surface area contributed by atoms with Crippen molar-refractivity contribution >= 4 is 18.3 Å². The number of rotatable bonds is 7. The molecule has 1 saturated heterocycles. The molecular formula is C22H30ClN3O2. The molecule has 1 unspecified atom stereocenters. The van der Waals surface area contributed by atoms with E-state index in [-0.39, 0.29) is 24.4 Å². The molecule has 152 valence electrons. The van der Waals surface area contributed by atoms with Crippen molar-refractivity contribution in [2.45, 2.75) is 31.8 Å². The highest BCUT2D eigenvalue weighted by Crippen LogP contribution is 2.26. The van der Waals surface area contributed by atoms with Crippen molar-refractivity contribution in [2.24, 2.45) is 5.73 Å². The zero-order valence-electron chi connectivity index (χ0n) is 16.4. The Morgan fingerprint density at radius 1 is 1.07 bits per heavy atom. The van der Waals surface area contributed by atoms with Gasteiger partial charge in [-0.3, -0.25) is 9.69 Å². The van der Waals surface area contributed by atoms with E-state index in [1.165, 1.54) is 24.8 Å². The fourth-order valence-corrected chi connectivity index (χ4v) is 3.60. The Morgan fingerprint density at radius 2 is 1.71 bits per heavy atom. The van der Waals surface area contributed by atoms with E-state index in [1.54, 1.807) is 7.11 Å². The summed E-state index contributed by atoms with van der Waals surface area (Å²) in [6, 6.07) is 15.8. The summed E-state index contributed by atoms with van der Waals surface area (Å²) in [5, 5.41) is 3.12. The number of amides is 1. The predicted molar refractivity (Wildman–Crippen MR) is 115 cm³/mol. The molecule has 3 rings (SSSR count). The normalized spacial score (nSPS) is 15.4. The second-order valence-electron chi connectivity index (χ2n) is 7.00. The van der Waals surface area contributed by atoms with Gasteiger partial charge in [0.05, 0.1) is 13.2 Å². The molecule has 1 aliphatic rings. The maximum atomic E-state index is 12.6. The van der Waals surface area contributed by atoms with Crippen LogP contribution in [0.25, 0.3) is 0 Å². The lowest BCUT2D eigenvalue weighted by Crippen LogP contribution is -2.40. The Kier molecular flexibility index (Phi) is 8.77. The van der Waals surface area contributed by atoms with E-state index in [2.05, 4.69) is 22.3 Å². The predicted octanol–water partition coefficient (Wildman–Crippen LogP) is 3.53. The molecule has 2 aromatic rings. The van der Waals surface area contributed by atoms with Gasteiger partial charge in [0.15, 0.2) is 0 Å². The van der Waals surface area contributed by atoms with Crippen LogP contribution in [0.5, 0.6) is 5.75 Å². The number of nitrogens with two attached hydrogens (primary N) is 1. The number of likely N-dealkylation sites (tertiary alicyclic amines) is 1. The van der Waals surface area contributed by atoms with Crippen LogP contribution in [0, 0.1) is 0 Å². The quantitative estimate of drug-likeness (QED) is 0.742. The van der Waals surface area contributed by atoms with Crippen LogP contribution in [-0.4, -0.2) is 37.6 Å². The van der Waals surface area contributed by atoms with Gasteiger partial charge >= 0.3 is 0 Å². The van der Waals surface area contributed by atoms with Crippen molar-refractivity contribution in [1.29, 1.82) is 0 Å². The Balaban J connectivity index is 0.00000280. The molecule has 5 nitrogen and oxygen atoms in total. The standard InChI is InChI=1S/C22H29N3O2.ClH/c1-27-20-11-9-18(10-12-20)21(25-13-3-2-4-14-25)16-24-22(26)19-7-5-17(15-23)6-8-19;/h5-12,21H,2-4,13-16,23H2,1H3,(H,24,26);1H. The third kappa shape index (κ3) is 5.71. The summed E-state index contributed by atoms with van der Waals surface area (Å²) in [5.74, 6) is 0.800. The first-order chi connectivity index (χ1) is 13.2. The number of benzene rings is 2. The smallest absolute Gasteiger partial charge is 0.251 e. The molecular weight excluding hydrogens is 374 g/mol.